The number of alkyl halides is 3. The van der Waals surface area contributed by atoms with E-state index in [1.165, 1.54) is 36.4 Å². The first-order valence-corrected chi connectivity index (χ1v) is 7.97. The Bertz CT molecular complexity index is 1120. The number of halogens is 4. The predicted octanol–water partition coefficient (Wildman–Crippen LogP) is 4.95. The van der Waals surface area contributed by atoms with Gasteiger partial charge in [-0.3, -0.25) is 0 Å². The average Bonchev–Trinajstić information content (AvgIpc) is 3.15. The van der Waals surface area contributed by atoms with Gasteiger partial charge in [0.25, 0.3) is 0 Å². The summed E-state index contributed by atoms with van der Waals surface area (Å²) in [7, 11) is 0. The first-order chi connectivity index (χ1) is 12.9. The van der Waals surface area contributed by atoms with Crippen molar-refractivity contribution < 1.29 is 17.6 Å². The van der Waals surface area contributed by atoms with Gasteiger partial charge in [0.05, 0.1) is 16.9 Å². The largest absolute Gasteiger partial charge is 0.418 e. The van der Waals surface area contributed by atoms with Crippen LogP contribution in [0, 0.1) is 12.7 Å². The van der Waals surface area contributed by atoms with Crippen LogP contribution in [-0.4, -0.2) is 19.7 Å². The molecule has 0 bridgehead atoms. The number of rotatable bonds is 2. The Kier molecular flexibility index (Phi) is 3.91. The Morgan fingerprint density at radius 1 is 1.04 bits per heavy atom. The lowest BCUT2D eigenvalue weighted by Crippen LogP contribution is -2.12. The maximum absolute atomic E-state index is 14.7. The van der Waals surface area contributed by atoms with Crippen LogP contribution in [0.4, 0.5) is 17.6 Å². The van der Waals surface area contributed by atoms with Crippen molar-refractivity contribution in [2.75, 3.05) is 0 Å². The quantitative estimate of drug-likeness (QED) is 0.468. The van der Waals surface area contributed by atoms with Crippen molar-refractivity contribution in [3.05, 3.63) is 72.2 Å². The van der Waals surface area contributed by atoms with E-state index >= 15 is 0 Å². The predicted molar refractivity (Wildman–Crippen MR) is 91.8 cm³/mol. The smallest absolute Gasteiger partial charge is 0.249 e. The fourth-order valence-electron chi connectivity index (χ4n) is 3.15. The van der Waals surface area contributed by atoms with Crippen LogP contribution in [0.2, 0.25) is 0 Å². The number of fused-ring (bicyclic) bond motifs is 1. The molecule has 0 amide bonds. The highest BCUT2D eigenvalue weighted by atomic mass is 19.4. The second kappa shape index (κ2) is 6.15. The molecule has 0 aliphatic heterocycles. The molecule has 2 heterocycles. The maximum atomic E-state index is 14.7. The fourth-order valence-corrected chi connectivity index (χ4v) is 3.15. The zero-order valence-electron chi connectivity index (χ0n) is 14.0. The number of pyridine rings is 1. The van der Waals surface area contributed by atoms with Crippen molar-refractivity contribution >= 4 is 10.9 Å². The van der Waals surface area contributed by atoms with Gasteiger partial charge >= 0.3 is 6.18 Å². The second-order valence-corrected chi connectivity index (χ2v) is 5.97. The number of nitrogens with zero attached hydrogens (tertiary/aromatic N) is 4. The highest BCUT2D eigenvalue weighted by Gasteiger charge is 2.37. The minimum atomic E-state index is -4.64. The highest BCUT2D eigenvalue weighted by molar-refractivity contribution is 5.98. The molecule has 2 aromatic heterocycles. The summed E-state index contributed by atoms with van der Waals surface area (Å²) >= 11 is 0. The molecule has 0 unspecified atom stereocenters. The van der Waals surface area contributed by atoms with Gasteiger partial charge in [-0.1, -0.05) is 30.3 Å². The van der Waals surface area contributed by atoms with Crippen molar-refractivity contribution in [1.29, 1.82) is 0 Å². The molecule has 0 spiro atoms. The Hall–Kier alpha value is -3.29. The van der Waals surface area contributed by atoms with E-state index in [2.05, 4.69) is 15.1 Å². The molecular formula is C19H12F4N4. The third kappa shape index (κ3) is 2.92. The lowest BCUT2D eigenvalue weighted by atomic mass is 9.93. The molecule has 4 aromatic rings. The Morgan fingerprint density at radius 2 is 1.78 bits per heavy atom. The van der Waals surface area contributed by atoms with Crippen molar-refractivity contribution in [3.8, 4) is 16.8 Å². The molecule has 0 saturated carbocycles. The molecule has 0 saturated heterocycles. The van der Waals surface area contributed by atoms with Crippen molar-refractivity contribution in [3.63, 3.8) is 0 Å². The number of benzene rings is 2. The van der Waals surface area contributed by atoms with E-state index in [-0.39, 0.29) is 27.8 Å². The lowest BCUT2D eigenvalue weighted by Gasteiger charge is -2.19. The molecule has 0 atom stereocenters. The number of aryl methyl sites for hydroxylation is 1. The third-order valence-electron chi connectivity index (χ3n) is 4.24. The van der Waals surface area contributed by atoms with E-state index in [9.17, 15) is 17.6 Å². The molecule has 136 valence electrons. The van der Waals surface area contributed by atoms with Crippen LogP contribution >= 0.6 is 0 Å². The summed E-state index contributed by atoms with van der Waals surface area (Å²) in [6, 6.07) is 10.7. The number of hydrogen-bond donors (Lipinski definition) is 0. The summed E-state index contributed by atoms with van der Waals surface area (Å²) in [6.45, 7) is 1.24. The number of aromatic nitrogens is 4. The van der Waals surface area contributed by atoms with Gasteiger partial charge in [0.15, 0.2) is 5.82 Å². The summed E-state index contributed by atoms with van der Waals surface area (Å²) in [4.78, 5) is 7.70. The van der Waals surface area contributed by atoms with Gasteiger partial charge in [0.2, 0.25) is 0 Å². The summed E-state index contributed by atoms with van der Waals surface area (Å²) in [5.41, 5.74) is -0.795. The van der Waals surface area contributed by atoms with Crippen LogP contribution in [0.15, 0.2) is 55.1 Å². The molecule has 0 aliphatic carbocycles. The Morgan fingerprint density at radius 3 is 2.41 bits per heavy atom. The molecule has 0 N–H and O–H groups in total. The van der Waals surface area contributed by atoms with Gasteiger partial charge in [-0.2, -0.15) is 18.3 Å². The lowest BCUT2D eigenvalue weighted by molar-refractivity contribution is -0.137. The molecule has 0 aliphatic rings. The van der Waals surface area contributed by atoms with Gasteiger partial charge < -0.3 is 0 Å². The van der Waals surface area contributed by atoms with E-state index in [4.69, 9.17) is 0 Å². The van der Waals surface area contributed by atoms with Crippen LogP contribution in [0.25, 0.3) is 27.7 Å². The van der Waals surface area contributed by atoms with Crippen molar-refractivity contribution in [1.82, 2.24) is 19.7 Å². The van der Waals surface area contributed by atoms with E-state index in [0.29, 0.717) is 5.56 Å². The maximum Gasteiger partial charge on any atom is 0.418 e. The Balaban J connectivity index is 2.17. The summed E-state index contributed by atoms with van der Waals surface area (Å²) in [6.07, 6.45) is -2.04. The van der Waals surface area contributed by atoms with E-state index in [1.54, 1.807) is 30.3 Å². The van der Waals surface area contributed by atoms with Crippen LogP contribution in [0.3, 0.4) is 0 Å². The van der Waals surface area contributed by atoms with Gasteiger partial charge in [-0.05, 0) is 18.6 Å². The van der Waals surface area contributed by atoms with E-state index in [1.807, 2.05) is 0 Å². The third-order valence-corrected chi connectivity index (χ3v) is 4.24. The van der Waals surface area contributed by atoms with E-state index < -0.39 is 17.6 Å². The molecule has 2 aromatic carbocycles. The zero-order chi connectivity index (χ0) is 19.2. The minimum Gasteiger partial charge on any atom is -0.249 e. The standard InChI is InChI=1S/C19H12F4N4/c1-11-17(19(21,22)23)16(12-5-3-2-4-6-12)14-7-13(27-10-24-9-25-27)8-15(20)18(14)26-11/h2-10H,1H3. The minimum absolute atomic E-state index is 0.0598. The van der Waals surface area contributed by atoms with Crippen LogP contribution in [0.5, 0.6) is 0 Å². The molecule has 4 nitrogen and oxygen atoms in total. The van der Waals surface area contributed by atoms with Gasteiger partial charge in [0, 0.05) is 17.0 Å². The van der Waals surface area contributed by atoms with E-state index in [0.717, 1.165) is 0 Å². The molecule has 0 radical (unpaired) electrons. The first-order valence-electron chi connectivity index (χ1n) is 7.97. The summed E-state index contributed by atoms with van der Waals surface area (Å²) in [5.74, 6) is -0.730. The number of hydrogen-bond acceptors (Lipinski definition) is 3. The molecule has 0 fully saturated rings. The summed E-state index contributed by atoms with van der Waals surface area (Å²) < 4.78 is 57.5. The van der Waals surface area contributed by atoms with Gasteiger partial charge in [0.1, 0.15) is 18.2 Å². The van der Waals surface area contributed by atoms with Crippen LogP contribution < -0.4 is 0 Å². The molecule has 27 heavy (non-hydrogen) atoms. The normalized spacial score (nSPS) is 11.9. The zero-order valence-corrected chi connectivity index (χ0v) is 14.0. The highest BCUT2D eigenvalue weighted by Crippen LogP contribution is 2.43. The van der Waals surface area contributed by atoms with Crippen molar-refractivity contribution in [2.24, 2.45) is 0 Å². The molecule has 8 heteroatoms. The van der Waals surface area contributed by atoms with Gasteiger partial charge in [-0.25, -0.2) is 19.0 Å². The second-order valence-electron chi connectivity index (χ2n) is 5.97. The SMILES string of the molecule is Cc1nc2c(F)cc(-n3cncn3)cc2c(-c2ccccc2)c1C(F)(F)F. The van der Waals surface area contributed by atoms with Crippen molar-refractivity contribution in [2.45, 2.75) is 13.1 Å². The Labute approximate surface area is 151 Å². The average molecular weight is 372 g/mol. The molecular weight excluding hydrogens is 360 g/mol. The van der Waals surface area contributed by atoms with Crippen LogP contribution in [-0.2, 0) is 6.18 Å². The fraction of sp³-hybridized carbons (Fsp3) is 0.105. The first kappa shape index (κ1) is 17.1. The van der Waals surface area contributed by atoms with Crippen LogP contribution in [0.1, 0.15) is 11.3 Å². The topological polar surface area (TPSA) is 43.6 Å². The molecule has 4 rings (SSSR count). The summed E-state index contributed by atoms with van der Waals surface area (Å²) in [5, 5.41) is 3.98. The van der Waals surface area contributed by atoms with Gasteiger partial charge in [-0.15, -0.1) is 0 Å². The monoisotopic (exact) mass is 372 g/mol.